The summed E-state index contributed by atoms with van der Waals surface area (Å²) < 4.78 is 0. The fourth-order valence-corrected chi connectivity index (χ4v) is 2.36. The van der Waals surface area contributed by atoms with Gasteiger partial charge < -0.3 is 5.11 Å². The molecule has 0 radical (unpaired) electrons. The van der Waals surface area contributed by atoms with E-state index in [2.05, 4.69) is 31.7 Å². The summed E-state index contributed by atoms with van der Waals surface area (Å²) >= 11 is 0. The molecule has 1 fully saturated rings. The van der Waals surface area contributed by atoms with Gasteiger partial charge in [-0.25, -0.2) is 0 Å². The van der Waals surface area contributed by atoms with Gasteiger partial charge in [-0.2, -0.15) is 0 Å². The van der Waals surface area contributed by atoms with Crippen LogP contribution in [0, 0.1) is 0 Å². The van der Waals surface area contributed by atoms with E-state index in [-0.39, 0.29) is 5.41 Å². The molecule has 0 saturated carbocycles. The number of phenolic OH excluding ortho intramolecular Hbond substituents is 1. The Labute approximate surface area is 104 Å². The number of phenols is 1. The van der Waals surface area contributed by atoms with Crippen LogP contribution in [0.5, 0.6) is 5.75 Å². The van der Waals surface area contributed by atoms with Gasteiger partial charge in [0.25, 0.3) is 0 Å². The van der Waals surface area contributed by atoms with E-state index in [9.17, 15) is 5.11 Å². The zero-order valence-electron chi connectivity index (χ0n) is 11.2. The van der Waals surface area contributed by atoms with Crippen LogP contribution in [-0.4, -0.2) is 23.1 Å². The molecule has 0 aliphatic carbocycles. The molecule has 0 spiro atoms. The SMILES string of the molecule is CC(C)(C)c1ccc(O)c(CN2CCCC2)c1. The Morgan fingerprint density at radius 2 is 1.82 bits per heavy atom. The summed E-state index contributed by atoms with van der Waals surface area (Å²) in [7, 11) is 0. The average molecular weight is 233 g/mol. The van der Waals surface area contributed by atoms with Crippen molar-refractivity contribution >= 4 is 0 Å². The minimum Gasteiger partial charge on any atom is -0.508 e. The maximum Gasteiger partial charge on any atom is 0.120 e. The van der Waals surface area contributed by atoms with Crippen LogP contribution in [0.1, 0.15) is 44.7 Å². The molecule has 0 aromatic heterocycles. The molecule has 2 rings (SSSR count). The molecule has 0 amide bonds. The zero-order chi connectivity index (χ0) is 12.5. The predicted molar refractivity (Wildman–Crippen MR) is 71.3 cm³/mol. The maximum atomic E-state index is 9.93. The smallest absolute Gasteiger partial charge is 0.120 e. The van der Waals surface area contributed by atoms with Crippen LogP contribution in [0.2, 0.25) is 0 Å². The molecule has 1 aliphatic heterocycles. The predicted octanol–water partition coefficient (Wildman–Crippen LogP) is 3.29. The second kappa shape index (κ2) is 4.69. The van der Waals surface area contributed by atoms with Gasteiger partial charge in [-0.1, -0.05) is 32.9 Å². The molecule has 0 atom stereocenters. The lowest BCUT2D eigenvalue weighted by Gasteiger charge is -2.22. The summed E-state index contributed by atoms with van der Waals surface area (Å²) in [6.45, 7) is 9.84. The van der Waals surface area contributed by atoms with Crippen molar-refractivity contribution in [2.24, 2.45) is 0 Å². The van der Waals surface area contributed by atoms with Gasteiger partial charge in [0, 0.05) is 12.1 Å². The molecule has 2 heteroatoms. The average Bonchev–Trinajstić information content (AvgIpc) is 2.72. The summed E-state index contributed by atoms with van der Waals surface area (Å²) in [6, 6.07) is 6.03. The Morgan fingerprint density at radius 3 is 2.41 bits per heavy atom. The maximum absolute atomic E-state index is 9.93. The molecule has 17 heavy (non-hydrogen) atoms. The summed E-state index contributed by atoms with van der Waals surface area (Å²) in [5.41, 5.74) is 2.51. The molecule has 1 aliphatic rings. The third kappa shape index (κ3) is 3.01. The molecule has 1 aromatic rings. The molecule has 1 saturated heterocycles. The second-order valence-corrected chi connectivity index (χ2v) is 6.08. The molecule has 2 nitrogen and oxygen atoms in total. The quantitative estimate of drug-likeness (QED) is 0.847. The van der Waals surface area contributed by atoms with Crippen molar-refractivity contribution in [3.8, 4) is 5.75 Å². The standard InChI is InChI=1S/C15H23NO/c1-15(2,3)13-6-7-14(17)12(10-13)11-16-8-4-5-9-16/h6-7,10,17H,4-5,8-9,11H2,1-3H3. The van der Waals surface area contributed by atoms with Gasteiger partial charge in [-0.05, 0) is 43.0 Å². The highest BCUT2D eigenvalue weighted by atomic mass is 16.3. The minimum absolute atomic E-state index is 0.146. The van der Waals surface area contributed by atoms with E-state index >= 15 is 0 Å². The number of aromatic hydroxyl groups is 1. The lowest BCUT2D eigenvalue weighted by Crippen LogP contribution is -2.19. The Hall–Kier alpha value is -1.02. The zero-order valence-corrected chi connectivity index (χ0v) is 11.2. The third-order valence-corrected chi connectivity index (χ3v) is 3.54. The second-order valence-electron chi connectivity index (χ2n) is 6.08. The van der Waals surface area contributed by atoms with Crippen molar-refractivity contribution in [3.05, 3.63) is 29.3 Å². The first-order chi connectivity index (χ1) is 7.97. The number of likely N-dealkylation sites (tertiary alicyclic amines) is 1. The number of benzene rings is 1. The van der Waals surface area contributed by atoms with E-state index in [1.54, 1.807) is 0 Å². The molecule has 94 valence electrons. The molecule has 1 N–H and O–H groups in total. The van der Waals surface area contributed by atoms with Gasteiger partial charge in [-0.15, -0.1) is 0 Å². The van der Waals surface area contributed by atoms with Gasteiger partial charge in [0.2, 0.25) is 0 Å². The van der Waals surface area contributed by atoms with Crippen molar-refractivity contribution in [2.45, 2.75) is 45.6 Å². The summed E-state index contributed by atoms with van der Waals surface area (Å²) in [6.07, 6.45) is 2.58. The summed E-state index contributed by atoms with van der Waals surface area (Å²) in [5, 5.41) is 9.93. The normalized spacial score (nSPS) is 17.6. The van der Waals surface area contributed by atoms with Gasteiger partial charge in [0.15, 0.2) is 0 Å². The van der Waals surface area contributed by atoms with Crippen LogP contribution < -0.4 is 0 Å². The van der Waals surface area contributed by atoms with E-state index in [1.165, 1.54) is 31.5 Å². The Bertz CT molecular complexity index is 386. The largest absolute Gasteiger partial charge is 0.508 e. The molecular weight excluding hydrogens is 210 g/mol. The molecule has 0 unspecified atom stereocenters. The van der Waals surface area contributed by atoms with Crippen LogP contribution in [-0.2, 0) is 12.0 Å². The van der Waals surface area contributed by atoms with Crippen LogP contribution in [0.15, 0.2) is 18.2 Å². The third-order valence-electron chi connectivity index (χ3n) is 3.54. The van der Waals surface area contributed by atoms with Gasteiger partial charge in [0.1, 0.15) is 5.75 Å². The highest BCUT2D eigenvalue weighted by Gasteiger charge is 2.18. The Morgan fingerprint density at radius 1 is 1.18 bits per heavy atom. The monoisotopic (exact) mass is 233 g/mol. The van der Waals surface area contributed by atoms with Gasteiger partial charge in [-0.3, -0.25) is 4.90 Å². The summed E-state index contributed by atoms with van der Waals surface area (Å²) in [5.74, 6) is 0.435. The fraction of sp³-hybridized carbons (Fsp3) is 0.600. The number of rotatable bonds is 2. The van der Waals surface area contributed by atoms with Gasteiger partial charge >= 0.3 is 0 Å². The van der Waals surface area contributed by atoms with Crippen molar-refractivity contribution < 1.29 is 5.11 Å². The summed E-state index contributed by atoms with van der Waals surface area (Å²) in [4.78, 5) is 2.42. The molecular formula is C15H23NO. The van der Waals surface area contributed by atoms with Crippen LogP contribution in [0.3, 0.4) is 0 Å². The minimum atomic E-state index is 0.146. The number of nitrogens with zero attached hydrogens (tertiary/aromatic N) is 1. The van der Waals surface area contributed by atoms with E-state index in [4.69, 9.17) is 0 Å². The lowest BCUT2D eigenvalue weighted by molar-refractivity contribution is 0.323. The number of hydrogen-bond acceptors (Lipinski definition) is 2. The van der Waals surface area contributed by atoms with Gasteiger partial charge in [0.05, 0.1) is 0 Å². The van der Waals surface area contributed by atoms with E-state index in [0.29, 0.717) is 5.75 Å². The van der Waals surface area contributed by atoms with Crippen molar-refractivity contribution in [3.63, 3.8) is 0 Å². The highest BCUT2D eigenvalue weighted by molar-refractivity contribution is 5.38. The lowest BCUT2D eigenvalue weighted by atomic mass is 9.86. The van der Waals surface area contributed by atoms with E-state index in [1.807, 2.05) is 12.1 Å². The Kier molecular flexibility index (Phi) is 3.43. The first-order valence-electron chi connectivity index (χ1n) is 6.51. The topological polar surface area (TPSA) is 23.5 Å². The molecule has 1 heterocycles. The molecule has 0 bridgehead atoms. The van der Waals surface area contributed by atoms with E-state index in [0.717, 1.165) is 12.1 Å². The first kappa shape index (κ1) is 12.4. The molecule has 1 aromatic carbocycles. The van der Waals surface area contributed by atoms with Crippen molar-refractivity contribution in [1.82, 2.24) is 4.90 Å². The highest BCUT2D eigenvalue weighted by Crippen LogP contribution is 2.28. The fourth-order valence-electron chi connectivity index (χ4n) is 2.36. The van der Waals surface area contributed by atoms with Crippen molar-refractivity contribution in [2.75, 3.05) is 13.1 Å². The Balaban J connectivity index is 2.20. The van der Waals surface area contributed by atoms with Crippen LogP contribution in [0.4, 0.5) is 0 Å². The van der Waals surface area contributed by atoms with Crippen LogP contribution in [0.25, 0.3) is 0 Å². The first-order valence-corrected chi connectivity index (χ1v) is 6.51. The van der Waals surface area contributed by atoms with Crippen LogP contribution >= 0.6 is 0 Å². The van der Waals surface area contributed by atoms with E-state index < -0.39 is 0 Å². The van der Waals surface area contributed by atoms with Crippen molar-refractivity contribution in [1.29, 1.82) is 0 Å². The number of hydrogen-bond donors (Lipinski definition) is 1.